The van der Waals surface area contributed by atoms with Crippen molar-refractivity contribution in [2.45, 2.75) is 0 Å². The molecule has 9 heteroatoms. The Balaban J connectivity index is 1.37. The molecule has 4 rings (SSSR count). The summed E-state index contributed by atoms with van der Waals surface area (Å²) in [5.41, 5.74) is 0.398. The molecule has 2 aliphatic heterocycles. The number of carbonyl (C=O) groups is 2. The highest BCUT2D eigenvalue weighted by Crippen LogP contribution is 2.14. The van der Waals surface area contributed by atoms with E-state index in [0.717, 1.165) is 26.2 Å². The number of piperazine rings is 2. The van der Waals surface area contributed by atoms with Crippen LogP contribution in [0.1, 0.15) is 21.0 Å². The SMILES string of the molecule is CN1CCN(c2nccc(C(=O)N3CCN(C(=O)c4ccco4)CC3)n2)CC1. The maximum Gasteiger partial charge on any atom is 0.289 e. The van der Waals surface area contributed by atoms with Crippen LogP contribution in [-0.2, 0) is 0 Å². The van der Waals surface area contributed by atoms with E-state index in [1.807, 2.05) is 0 Å². The smallest absolute Gasteiger partial charge is 0.289 e. The van der Waals surface area contributed by atoms with Crippen molar-refractivity contribution in [1.82, 2.24) is 24.7 Å². The van der Waals surface area contributed by atoms with Crippen LogP contribution in [0.15, 0.2) is 35.1 Å². The van der Waals surface area contributed by atoms with E-state index in [4.69, 9.17) is 4.42 Å². The van der Waals surface area contributed by atoms with Crippen LogP contribution in [0, 0.1) is 0 Å². The van der Waals surface area contributed by atoms with Gasteiger partial charge in [0.1, 0.15) is 5.69 Å². The fourth-order valence-electron chi connectivity index (χ4n) is 3.46. The van der Waals surface area contributed by atoms with E-state index in [9.17, 15) is 9.59 Å². The molecule has 2 aromatic rings. The summed E-state index contributed by atoms with van der Waals surface area (Å²) in [7, 11) is 2.09. The molecule has 0 unspecified atom stereocenters. The minimum Gasteiger partial charge on any atom is -0.459 e. The molecule has 2 fully saturated rings. The Labute approximate surface area is 163 Å². The number of carbonyl (C=O) groups excluding carboxylic acids is 2. The first-order chi connectivity index (χ1) is 13.6. The van der Waals surface area contributed by atoms with Gasteiger partial charge < -0.3 is 24.0 Å². The number of anilines is 1. The highest BCUT2D eigenvalue weighted by molar-refractivity contribution is 5.93. The van der Waals surface area contributed by atoms with Gasteiger partial charge in [-0.3, -0.25) is 9.59 Å². The fourth-order valence-corrected chi connectivity index (χ4v) is 3.46. The zero-order valence-electron chi connectivity index (χ0n) is 16.0. The summed E-state index contributed by atoms with van der Waals surface area (Å²) >= 11 is 0. The standard InChI is InChI=1S/C19H24N6O3/c1-22-6-8-25(9-7-22)19-20-5-4-15(21-19)17(26)23-10-12-24(13-11-23)18(27)16-3-2-14-28-16/h2-5,14H,6-13H2,1H3. The monoisotopic (exact) mass is 384 g/mol. The molecule has 0 atom stereocenters. The third kappa shape index (κ3) is 3.84. The van der Waals surface area contributed by atoms with Crippen molar-refractivity contribution in [2.24, 2.45) is 0 Å². The van der Waals surface area contributed by atoms with E-state index >= 15 is 0 Å². The molecule has 148 valence electrons. The first-order valence-electron chi connectivity index (χ1n) is 9.50. The van der Waals surface area contributed by atoms with Gasteiger partial charge in [0.05, 0.1) is 6.26 Å². The first-order valence-corrected chi connectivity index (χ1v) is 9.50. The predicted octanol–water partition coefficient (Wildman–Crippen LogP) is 0.420. The Morgan fingerprint density at radius 1 is 0.929 bits per heavy atom. The summed E-state index contributed by atoms with van der Waals surface area (Å²) in [4.78, 5) is 41.9. The van der Waals surface area contributed by atoms with Crippen molar-refractivity contribution in [3.63, 3.8) is 0 Å². The molecule has 0 N–H and O–H groups in total. The molecule has 2 aromatic heterocycles. The molecule has 2 amide bonds. The van der Waals surface area contributed by atoms with Gasteiger partial charge in [0.15, 0.2) is 5.76 Å². The number of rotatable bonds is 3. The topological polar surface area (TPSA) is 86.0 Å². The van der Waals surface area contributed by atoms with E-state index < -0.39 is 0 Å². The van der Waals surface area contributed by atoms with Crippen molar-refractivity contribution < 1.29 is 14.0 Å². The summed E-state index contributed by atoms with van der Waals surface area (Å²) in [6.07, 6.45) is 3.13. The molecular weight excluding hydrogens is 360 g/mol. The molecule has 0 aliphatic carbocycles. The highest BCUT2D eigenvalue weighted by Gasteiger charge is 2.27. The number of amides is 2. The van der Waals surface area contributed by atoms with Crippen LogP contribution in [0.25, 0.3) is 0 Å². The van der Waals surface area contributed by atoms with Gasteiger partial charge in [-0.05, 0) is 25.2 Å². The first kappa shape index (κ1) is 18.4. The maximum absolute atomic E-state index is 12.9. The summed E-state index contributed by atoms with van der Waals surface area (Å²) in [6, 6.07) is 5.00. The number of aromatic nitrogens is 2. The third-order valence-electron chi connectivity index (χ3n) is 5.23. The van der Waals surface area contributed by atoms with E-state index in [2.05, 4.69) is 26.8 Å². The fraction of sp³-hybridized carbons (Fsp3) is 0.474. The van der Waals surface area contributed by atoms with Crippen LogP contribution in [0.2, 0.25) is 0 Å². The molecule has 4 heterocycles. The molecule has 9 nitrogen and oxygen atoms in total. The van der Waals surface area contributed by atoms with Crippen molar-refractivity contribution in [2.75, 3.05) is 64.3 Å². The number of furan rings is 1. The average molecular weight is 384 g/mol. The second kappa shape index (κ2) is 7.97. The minimum atomic E-state index is -0.142. The van der Waals surface area contributed by atoms with E-state index in [1.54, 1.807) is 34.2 Å². The minimum absolute atomic E-state index is 0.122. The molecule has 2 saturated heterocycles. The highest BCUT2D eigenvalue weighted by atomic mass is 16.3. The lowest BCUT2D eigenvalue weighted by Gasteiger charge is -2.34. The zero-order chi connectivity index (χ0) is 19.5. The zero-order valence-corrected chi connectivity index (χ0v) is 16.0. The summed E-state index contributed by atoms with van der Waals surface area (Å²) in [5.74, 6) is 0.664. The quantitative estimate of drug-likeness (QED) is 0.758. The molecule has 2 aliphatic rings. The van der Waals surface area contributed by atoms with Crippen LogP contribution >= 0.6 is 0 Å². The lowest BCUT2D eigenvalue weighted by molar-refractivity contribution is 0.0515. The lowest BCUT2D eigenvalue weighted by atomic mass is 10.2. The number of hydrogen-bond acceptors (Lipinski definition) is 7. The van der Waals surface area contributed by atoms with Gasteiger partial charge in [-0.1, -0.05) is 0 Å². The molecule has 0 aromatic carbocycles. The largest absolute Gasteiger partial charge is 0.459 e. The van der Waals surface area contributed by atoms with Gasteiger partial charge in [-0.15, -0.1) is 0 Å². The van der Waals surface area contributed by atoms with Crippen molar-refractivity contribution in [3.05, 3.63) is 42.1 Å². The number of likely N-dealkylation sites (N-methyl/N-ethyl adjacent to an activating group) is 1. The van der Waals surface area contributed by atoms with E-state index in [-0.39, 0.29) is 11.8 Å². The van der Waals surface area contributed by atoms with Crippen molar-refractivity contribution >= 4 is 17.8 Å². The summed E-state index contributed by atoms with van der Waals surface area (Å²) in [6.45, 7) is 5.49. The van der Waals surface area contributed by atoms with Gasteiger partial charge in [-0.2, -0.15) is 0 Å². The Morgan fingerprint density at radius 2 is 1.61 bits per heavy atom. The van der Waals surface area contributed by atoms with Gasteiger partial charge in [0.2, 0.25) is 5.95 Å². The Bertz CT molecular complexity index is 824. The second-order valence-corrected chi connectivity index (χ2v) is 7.09. The van der Waals surface area contributed by atoms with Crippen LogP contribution in [0.3, 0.4) is 0 Å². The van der Waals surface area contributed by atoms with Crippen LogP contribution in [-0.4, -0.2) is 95.9 Å². The summed E-state index contributed by atoms with van der Waals surface area (Å²) in [5, 5.41) is 0. The molecule has 0 saturated carbocycles. The molecular formula is C19H24N6O3. The normalized spacial score (nSPS) is 18.4. The predicted molar refractivity (Wildman–Crippen MR) is 102 cm³/mol. The Morgan fingerprint density at radius 3 is 2.25 bits per heavy atom. The van der Waals surface area contributed by atoms with Gasteiger partial charge in [-0.25, -0.2) is 9.97 Å². The number of nitrogens with zero attached hydrogens (tertiary/aromatic N) is 6. The maximum atomic E-state index is 12.9. The van der Waals surface area contributed by atoms with Crippen molar-refractivity contribution in [3.8, 4) is 0 Å². The number of hydrogen-bond donors (Lipinski definition) is 0. The van der Waals surface area contributed by atoms with Gasteiger partial charge in [0, 0.05) is 58.6 Å². The Kier molecular flexibility index (Phi) is 5.25. The van der Waals surface area contributed by atoms with Gasteiger partial charge >= 0.3 is 0 Å². The van der Waals surface area contributed by atoms with Crippen LogP contribution in [0.5, 0.6) is 0 Å². The van der Waals surface area contributed by atoms with E-state index in [0.29, 0.717) is 43.6 Å². The second-order valence-electron chi connectivity index (χ2n) is 7.09. The van der Waals surface area contributed by atoms with E-state index in [1.165, 1.54) is 6.26 Å². The Hall–Kier alpha value is -2.94. The molecule has 0 spiro atoms. The van der Waals surface area contributed by atoms with Crippen molar-refractivity contribution in [1.29, 1.82) is 0 Å². The molecule has 0 radical (unpaired) electrons. The van der Waals surface area contributed by atoms with Crippen LogP contribution in [0.4, 0.5) is 5.95 Å². The van der Waals surface area contributed by atoms with Crippen LogP contribution < -0.4 is 4.90 Å². The van der Waals surface area contributed by atoms with Gasteiger partial charge in [0.25, 0.3) is 11.8 Å². The third-order valence-corrected chi connectivity index (χ3v) is 5.23. The molecule has 0 bridgehead atoms. The average Bonchev–Trinajstić information content (AvgIpc) is 3.28. The molecule has 28 heavy (non-hydrogen) atoms. The lowest BCUT2D eigenvalue weighted by Crippen LogP contribution is -2.50. The summed E-state index contributed by atoms with van der Waals surface area (Å²) < 4.78 is 5.17.